The number of methoxy groups -OCH3 is 1. The first-order valence-corrected chi connectivity index (χ1v) is 11.4. The summed E-state index contributed by atoms with van der Waals surface area (Å²) in [6.45, 7) is 5.69. The summed E-state index contributed by atoms with van der Waals surface area (Å²) in [7, 11) is 1.68. The fourth-order valence-corrected chi connectivity index (χ4v) is 3.83. The summed E-state index contributed by atoms with van der Waals surface area (Å²) in [6.07, 6.45) is 1.71. The van der Waals surface area contributed by atoms with E-state index in [0.29, 0.717) is 43.6 Å². The van der Waals surface area contributed by atoms with Gasteiger partial charge >= 0.3 is 6.03 Å². The van der Waals surface area contributed by atoms with Gasteiger partial charge in [-0.1, -0.05) is 30.3 Å². The van der Waals surface area contributed by atoms with Crippen molar-refractivity contribution in [2.24, 2.45) is 0 Å². The zero-order valence-electron chi connectivity index (χ0n) is 19.6. The number of rotatable bonds is 8. The van der Waals surface area contributed by atoms with Crippen LogP contribution in [0.2, 0.25) is 0 Å². The molecule has 0 unspecified atom stereocenters. The lowest BCUT2D eigenvalue weighted by molar-refractivity contribution is 0.194. The Bertz CT molecular complexity index is 1080. The lowest BCUT2D eigenvalue weighted by atomic mass is 10.2. The Hall–Kier alpha value is -3.94. The number of urea groups is 1. The number of ether oxygens (including phenoxy) is 3. The third kappa shape index (κ3) is 5.70. The van der Waals surface area contributed by atoms with Crippen molar-refractivity contribution in [2.45, 2.75) is 13.5 Å². The minimum Gasteiger partial charge on any atom is -0.495 e. The van der Waals surface area contributed by atoms with E-state index < -0.39 is 0 Å². The van der Waals surface area contributed by atoms with E-state index in [1.807, 2.05) is 66.4 Å². The Kier molecular flexibility index (Phi) is 7.70. The lowest BCUT2D eigenvalue weighted by Gasteiger charge is -2.36. The second-order valence-electron chi connectivity index (χ2n) is 7.79. The number of anilines is 1. The standard InChI is InChI=1S/C26H30N4O4/c1-3-33-23-10-6-7-11-24(23)34-25-13-12-20(18-27-25)19-28-26(31)30-16-14-29(15-17-30)21-8-4-5-9-22(21)32-2/h4-13,18H,3,14-17,19H2,1-2H3,(H,28,31). The van der Waals surface area contributed by atoms with Gasteiger partial charge in [-0.15, -0.1) is 0 Å². The quantitative estimate of drug-likeness (QED) is 0.538. The normalized spacial score (nSPS) is 13.4. The minimum absolute atomic E-state index is 0.0781. The Balaban J connectivity index is 1.26. The number of pyridine rings is 1. The number of nitrogens with zero attached hydrogens (tertiary/aromatic N) is 3. The Morgan fingerprint density at radius 2 is 1.65 bits per heavy atom. The first-order valence-electron chi connectivity index (χ1n) is 11.4. The van der Waals surface area contributed by atoms with E-state index >= 15 is 0 Å². The number of hydrogen-bond acceptors (Lipinski definition) is 6. The molecule has 1 aromatic heterocycles. The minimum atomic E-state index is -0.0781. The van der Waals surface area contributed by atoms with E-state index in [0.717, 1.165) is 30.1 Å². The van der Waals surface area contributed by atoms with Gasteiger partial charge in [0.25, 0.3) is 0 Å². The van der Waals surface area contributed by atoms with Gasteiger partial charge in [-0.3, -0.25) is 0 Å². The number of hydrogen-bond donors (Lipinski definition) is 1. The second-order valence-corrected chi connectivity index (χ2v) is 7.79. The first-order chi connectivity index (χ1) is 16.7. The molecule has 8 nitrogen and oxygen atoms in total. The number of carbonyl (C=O) groups is 1. The van der Waals surface area contributed by atoms with Crippen molar-refractivity contribution in [1.29, 1.82) is 0 Å². The van der Waals surface area contributed by atoms with Gasteiger partial charge in [-0.25, -0.2) is 9.78 Å². The van der Waals surface area contributed by atoms with Gasteiger partial charge in [0.15, 0.2) is 11.5 Å². The molecule has 0 atom stereocenters. The molecule has 4 rings (SSSR count). The molecule has 8 heteroatoms. The Morgan fingerprint density at radius 1 is 0.941 bits per heavy atom. The van der Waals surface area contributed by atoms with Crippen molar-refractivity contribution in [3.8, 4) is 23.1 Å². The lowest BCUT2D eigenvalue weighted by Crippen LogP contribution is -2.51. The average molecular weight is 463 g/mol. The summed E-state index contributed by atoms with van der Waals surface area (Å²) in [4.78, 5) is 21.1. The maximum Gasteiger partial charge on any atom is 0.317 e. The van der Waals surface area contributed by atoms with Crippen LogP contribution in [-0.2, 0) is 6.54 Å². The topological polar surface area (TPSA) is 76.2 Å². The maximum atomic E-state index is 12.7. The van der Waals surface area contributed by atoms with E-state index in [1.54, 1.807) is 19.4 Å². The van der Waals surface area contributed by atoms with Crippen molar-refractivity contribution in [1.82, 2.24) is 15.2 Å². The van der Waals surface area contributed by atoms with E-state index in [-0.39, 0.29) is 6.03 Å². The monoisotopic (exact) mass is 462 g/mol. The van der Waals surface area contributed by atoms with Crippen molar-refractivity contribution in [2.75, 3.05) is 44.8 Å². The van der Waals surface area contributed by atoms with Crippen LogP contribution in [0.1, 0.15) is 12.5 Å². The van der Waals surface area contributed by atoms with Crippen LogP contribution in [0.4, 0.5) is 10.5 Å². The molecule has 2 aromatic carbocycles. The smallest absolute Gasteiger partial charge is 0.317 e. The summed E-state index contributed by atoms with van der Waals surface area (Å²) in [5.41, 5.74) is 1.95. The predicted molar refractivity (Wildman–Crippen MR) is 131 cm³/mol. The second kappa shape index (κ2) is 11.3. The molecule has 0 bridgehead atoms. The first kappa shape index (κ1) is 23.2. The third-order valence-corrected chi connectivity index (χ3v) is 5.60. The molecule has 0 aliphatic carbocycles. The van der Waals surface area contributed by atoms with Crippen molar-refractivity contribution in [3.05, 3.63) is 72.4 Å². The largest absolute Gasteiger partial charge is 0.495 e. The van der Waals surface area contributed by atoms with Crippen molar-refractivity contribution < 1.29 is 19.0 Å². The number of carbonyl (C=O) groups excluding carboxylic acids is 1. The molecular formula is C26H30N4O4. The van der Waals surface area contributed by atoms with Crippen molar-refractivity contribution in [3.63, 3.8) is 0 Å². The highest BCUT2D eigenvalue weighted by atomic mass is 16.5. The molecule has 0 saturated carbocycles. The molecule has 2 amide bonds. The van der Waals surface area contributed by atoms with Crippen LogP contribution in [0.25, 0.3) is 0 Å². The van der Waals surface area contributed by atoms with Gasteiger partial charge in [-0.2, -0.15) is 0 Å². The van der Waals surface area contributed by atoms with E-state index in [2.05, 4.69) is 15.2 Å². The molecule has 1 aliphatic heterocycles. The third-order valence-electron chi connectivity index (χ3n) is 5.60. The molecule has 0 spiro atoms. The zero-order valence-corrected chi connectivity index (χ0v) is 19.6. The number of amides is 2. The van der Waals surface area contributed by atoms with Gasteiger partial charge in [0.05, 0.1) is 19.4 Å². The van der Waals surface area contributed by atoms with Crippen molar-refractivity contribution >= 4 is 11.7 Å². The molecule has 1 fully saturated rings. The Morgan fingerprint density at radius 3 is 2.32 bits per heavy atom. The van der Waals surface area contributed by atoms with Crippen LogP contribution in [0.5, 0.6) is 23.1 Å². The van der Waals surface area contributed by atoms with Crippen LogP contribution in [0, 0.1) is 0 Å². The summed E-state index contributed by atoms with van der Waals surface area (Å²) >= 11 is 0. The summed E-state index contributed by atoms with van der Waals surface area (Å²) in [6, 6.07) is 19.0. The van der Waals surface area contributed by atoms with Gasteiger partial charge in [0, 0.05) is 45.0 Å². The molecule has 1 aliphatic rings. The summed E-state index contributed by atoms with van der Waals surface area (Å²) in [5, 5.41) is 2.98. The van der Waals surface area contributed by atoms with Gasteiger partial charge in [0.1, 0.15) is 5.75 Å². The highest BCUT2D eigenvalue weighted by Gasteiger charge is 2.22. The van der Waals surface area contributed by atoms with Gasteiger partial charge in [-0.05, 0) is 36.8 Å². The number of nitrogens with one attached hydrogen (secondary N) is 1. The van der Waals surface area contributed by atoms with Crippen LogP contribution >= 0.6 is 0 Å². The molecule has 0 radical (unpaired) electrons. The number of benzene rings is 2. The van der Waals surface area contributed by atoms with Crippen LogP contribution < -0.4 is 24.4 Å². The van der Waals surface area contributed by atoms with E-state index in [1.165, 1.54) is 0 Å². The number of aromatic nitrogens is 1. The fourth-order valence-electron chi connectivity index (χ4n) is 3.83. The molecule has 3 aromatic rings. The fraction of sp³-hybridized carbons (Fsp3) is 0.308. The number of piperazine rings is 1. The summed E-state index contributed by atoms with van der Waals surface area (Å²) < 4.78 is 16.9. The average Bonchev–Trinajstić information content (AvgIpc) is 2.89. The highest BCUT2D eigenvalue weighted by molar-refractivity contribution is 5.74. The van der Waals surface area contributed by atoms with Crippen LogP contribution in [0.15, 0.2) is 66.9 Å². The molecule has 178 valence electrons. The highest BCUT2D eigenvalue weighted by Crippen LogP contribution is 2.30. The predicted octanol–water partition coefficient (Wildman–Crippen LogP) is 4.31. The Labute approximate surface area is 200 Å². The zero-order chi connectivity index (χ0) is 23.8. The van der Waals surface area contributed by atoms with Gasteiger partial charge < -0.3 is 29.3 Å². The number of para-hydroxylation sites is 4. The molecule has 34 heavy (non-hydrogen) atoms. The molecule has 2 heterocycles. The summed E-state index contributed by atoms with van der Waals surface area (Å²) in [5.74, 6) is 2.61. The molecular weight excluding hydrogens is 432 g/mol. The van der Waals surface area contributed by atoms with E-state index in [9.17, 15) is 4.79 Å². The van der Waals surface area contributed by atoms with Crippen LogP contribution in [-0.4, -0.2) is 55.8 Å². The molecule has 1 saturated heterocycles. The SMILES string of the molecule is CCOc1ccccc1Oc1ccc(CNC(=O)N2CCN(c3ccccc3OC)CC2)cn1. The maximum absolute atomic E-state index is 12.7. The van der Waals surface area contributed by atoms with Gasteiger partial charge in [0.2, 0.25) is 5.88 Å². The molecule has 1 N–H and O–H groups in total. The van der Waals surface area contributed by atoms with Crippen LogP contribution in [0.3, 0.4) is 0 Å². The van der Waals surface area contributed by atoms with E-state index in [4.69, 9.17) is 14.2 Å².